The van der Waals surface area contributed by atoms with E-state index in [1.54, 1.807) is 12.1 Å². The van der Waals surface area contributed by atoms with Crippen LogP contribution in [0.3, 0.4) is 0 Å². The Labute approximate surface area is 178 Å². The van der Waals surface area contributed by atoms with Crippen molar-refractivity contribution in [2.24, 2.45) is 0 Å². The lowest BCUT2D eigenvalue weighted by atomic mass is 10.1. The molecule has 0 fully saturated rings. The van der Waals surface area contributed by atoms with Crippen LogP contribution in [0, 0.1) is 5.82 Å². The van der Waals surface area contributed by atoms with Gasteiger partial charge in [-0.1, -0.05) is 72.4 Å². The topological polar surface area (TPSA) is 49.4 Å². The minimum absolute atomic E-state index is 0.104. The quantitative estimate of drug-likeness (QED) is 0.557. The standard InChI is InChI=1S/C24H19FN2O2S/c25-19-13-7-8-14-20(19)26-21-22(30-18-11-5-2-6-12-18)24(29)27(23(21)28)16-15-17-9-3-1-4-10-17/h1-14,26H,15-16H2. The number of amides is 2. The molecule has 3 aromatic rings. The van der Waals surface area contributed by atoms with Crippen LogP contribution in [0.4, 0.5) is 10.1 Å². The summed E-state index contributed by atoms with van der Waals surface area (Å²) in [6.45, 7) is 0.253. The van der Waals surface area contributed by atoms with Gasteiger partial charge in [-0.05, 0) is 36.2 Å². The van der Waals surface area contributed by atoms with Gasteiger partial charge in [-0.3, -0.25) is 14.5 Å². The third-order valence-corrected chi connectivity index (χ3v) is 5.78. The number of rotatable bonds is 7. The predicted molar refractivity (Wildman–Crippen MR) is 116 cm³/mol. The van der Waals surface area contributed by atoms with E-state index in [-0.39, 0.29) is 28.7 Å². The number of benzene rings is 3. The van der Waals surface area contributed by atoms with E-state index < -0.39 is 11.7 Å². The number of thioether (sulfide) groups is 1. The SMILES string of the molecule is O=C1C(Nc2ccccc2F)=C(Sc2ccccc2)C(=O)N1CCc1ccccc1. The first kappa shape index (κ1) is 19.9. The van der Waals surface area contributed by atoms with Crippen LogP contribution in [0.25, 0.3) is 0 Å². The molecule has 4 rings (SSSR count). The second kappa shape index (κ2) is 8.97. The van der Waals surface area contributed by atoms with Crippen LogP contribution in [0.5, 0.6) is 0 Å². The Balaban J connectivity index is 1.62. The summed E-state index contributed by atoms with van der Waals surface area (Å²) in [6, 6.07) is 25.1. The number of halogens is 1. The zero-order chi connectivity index (χ0) is 20.9. The van der Waals surface area contributed by atoms with Gasteiger partial charge in [0.2, 0.25) is 0 Å². The summed E-state index contributed by atoms with van der Waals surface area (Å²) in [4.78, 5) is 28.5. The van der Waals surface area contributed by atoms with E-state index in [1.165, 1.54) is 28.8 Å². The number of carbonyl (C=O) groups is 2. The molecule has 1 aliphatic rings. The van der Waals surface area contributed by atoms with E-state index in [9.17, 15) is 14.0 Å². The number of imide groups is 1. The van der Waals surface area contributed by atoms with Gasteiger partial charge in [0.1, 0.15) is 16.4 Å². The van der Waals surface area contributed by atoms with Gasteiger partial charge in [-0.2, -0.15) is 0 Å². The molecule has 0 spiro atoms. The first-order valence-corrected chi connectivity index (χ1v) is 10.3. The second-order valence-electron chi connectivity index (χ2n) is 6.72. The number of anilines is 1. The summed E-state index contributed by atoms with van der Waals surface area (Å²) in [7, 11) is 0. The molecule has 0 atom stereocenters. The number of nitrogens with one attached hydrogen (secondary N) is 1. The molecular weight excluding hydrogens is 399 g/mol. The fourth-order valence-electron chi connectivity index (χ4n) is 3.15. The molecule has 0 radical (unpaired) electrons. The number of hydrogen-bond acceptors (Lipinski definition) is 4. The highest BCUT2D eigenvalue weighted by molar-refractivity contribution is 8.04. The van der Waals surface area contributed by atoms with Gasteiger partial charge in [0, 0.05) is 11.4 Å². The van der Waals surface area contributed by atoms with Crippen LogP contribution >= 0.6 is 11.8 Å². The van der Waals surface area contributed by atoms with Crippen LogP contribution in [0.2, 0.25) is 0 Å². The number of hydrogen-bond donors (Lipinski definition) is 1. The van der Waals surface area contributed by atoms with Crippen molar-refractivity contribution < 1.29 is 14.0 Å². The molecule has 4 nitrogen and oxygen atoms in total. The van der Waals surface area contributed by atoms with Gasteiger partial charge in [0.15, 0.2) is 0 Å². The van der Waals surface area contributed by atoms with Gasteiger partial charge in [-0.25, -0.2) is 4.39 Å². The van der Waals surface area contributed by atoms with E-state index in [4.69, 9.17) is 0 Å². The largest absolute Gasteiger partial charge is 0.348 e. The van der Waals surface area contributed by atoms with Crippen molar-refractivity contribution >= 4 is 29.3 Å². The summed E-state index contributed by atoms with van der Waals surface area (Å²) < 4.78 is 14.2. The van der Waals surface area contributed by atoms with Crippen LogP contribution in [0.15, 0.2) is 100 Å². The highest BCUT2D eigenvalue weighted by atomic mass is 32.2. The lowest BCUT2D eigenvalue weighted by Gasteiger charge is -2.15. The van der Waals surface area contributed by atoms with Gasteiger partial charge in [-0.15, -0.1) is 0 Å². The maximum absolute atomic E-state index is 14.2. The zero-order valence-corrected chi connectivity index (χ0v) is 16.9. The molecule has 6 heteroatoms. The number of carbonyl (C=O) groups excluding carboxylic acids is 2. The predicted octanol–water partition coefficient (Wildman–Crippen LogP) is 4.85. The molecule has 0 saturated heterocycles. The van der Waals surface area contributed by atoms with Gasteiger partial charge in [0.25, 0.3) is 11.8 Å². The molecule has 0 bridgehead atoms. The van der Waals surface area contributed by atoms with Gasteiger partial charge in [0.05, 0.1) is 5.69 Å². The molecule has 0 unspecified atom stereocenters. The van der Waals surface area contributed by atoms with E-state index in [2.05, 4.69) is 5.32 Å². The molecule has 3 aromatic carbocycles. The van der Waals surface area contributed by atoms with E-state index in [0.717, 1.165) is 10.5 Å². The van der Waals surface area contributed by atoms with E-state index in [0.29, 0.717) is 6.42 Å². The van der Waals surface area contributed by atoms with E-state index in [1.807, 2.05) is 60.7 Å². The molecule has 0 saturated carbocycles. The van der Waals surface area contributed by atoms with Crippen molar-refractivity contribution in [1.82, 2.24) is 4.90 Å². The monoisotopic (exact) mass is 418 g/mol. The van der Waals surface area contributed by atoms with Crippen LogP contribution < -0.4 is 5.32 Å². The lowest BCUT2D eigenvalue weighted by Crippen LogP contribution is -2.34. The normalized spacial score (nSPS) is 13.8. The van der Waals surface area contributed by atoms with Gasteiger partial charge < -0.3 is 5.32 Å². The van der Waals surface area contributed by atoms with Crippen molar-refractivity contribution in [3.8, 4) is 0 Å². The third-order valence-electron chi connectivity index (χ3n) is 4.69. The summed E-state index contributed by atoms with van der Waals surface area (Å²) in [6.07, 6.45) is 0.550. The molecule has 1 heterocycles. The Kier molecular flexibility index (Phi) is 5.95. The fourth-order valence-corrected chi connectivity index (χ4v) is 4.12. The minimum atomic E-state index is -0.489. The molecule has 150 valence electrons. The fraction of sp³-hybridized carbons (Fsp3) is 0.0833. The minimum Gasteiger partial charge on any atom is -0.348 e. The Bertz CT molecular complexity index is 1100. The molecule has 1 N–H and O–H groups in total. The van der Waals surface area contributed by atoms with Crippen molar-refractivity contribution in [2.45, 2.75) is 11.3 Å². The zero-order valence-electron chi connectivity index (χ0n) is 16.0. The highest BCUT2D eigenvalue weighted by Crippen LogP contribution is 2.36. The summed E-state index contributed by atoms with van der Waals surface area (Å²) in [5, 5.41) is 2.86. The smallest absolute Gasteiger partial charge is 0.278 e. The average molecular weight is 418 g/mol. The first-order valence-electron chi connectivity index (χ1n) is 9.52. The van der Waals surface area contributed by atoms with E-state index >= 15 is 0 Å². The molecule has 0 aliphatic carbocycles. The number of nitrogens with zero attached hydrogens (tertiary/aromatic N) is 1. The van der Waals surface area contributed by atoms with Crippen LogP contribution in [-0.2, 0) is 16.0 Å². The Morgan fingerprint density at radius 1 is 0.800 bits per heavy atom. The molecule has 1 aliphatic heterocycles. The second-order valence-corrected chi connectivity index (χ2v) is 7.81. The molecule has 2 amide bonds. The molecular formula is C24H19FN2O2S. The number of para-hydroxylation sites is 1. The average Bonchev–Trinajstić information content (AvgIpc) is 2.99. The molecule has 30 heavy (non-hydrogen) atoms. The van der Waals surface area contributed by atoms with Crippen molar-refractivity contribution in [2.75, 3.05) is 11.9 Å². The van der Waals surface area contributed by atoms with Crippen molar-refractivity contribution in [3.05, 3.63) is 107 Å². The Morgan fingerprint density at radius 3 is 2.13 bits per heavy atom. The highest BCUT2D eigenvalue weighted by Gasteiger charge is 2.39. The third kappa shape index (κ3) is 4.28. The van der Waals surface area contributed by atoms with Crippen molar-refractivity contribution in [1.29, 1.82) is 0 Å². The van der Waals surface area contributed by atoms with Gasteiger partial charge >= 0.3 is 0 Å². The summed E-state index contributed by atoms with van der Waals surface area (Å²) in [5.74, 6) is -1.31. The first-order chi connectivity index (χ1) is 14.6. The Morgan fingerprint density at radius 2 is 1.43 bits per heavy atom. The van der Waals surface area contributed by atoms with Crippen LogP contribution in [-0.4, -0.2) is 23.3 Å². The maximum Gasteiger partial charge on any atom is 0.278 e. The van der Waals surface area contributed by atoms with Crippen molar-refractivity contribution in [3.63, 3.8) is 0 Å². The summed E-state index contributed by atoms with van der Waals surface area (Å²) in [5.41, 5.74) is 1.29. The molecule has 0 aromatic heterocycles. The van der Waals surface area contributed by atoms with Crippen LogP contribution in [0.1, 0.15) is 5.56 Å². The Hall–Kier alpha value is -3.38. The lowest BCUT2D eigenvalue weighted by molar-refractivity contribution is -0.137. The summed E-state index contributed by atoms with van der Waals surface area (Å²) >= 11 is 1.20. The maximum atomic E-state index is 14.2.